The van der Waals surface area contributed by atoms with Crippen molar-refractivity contribution in [1.82, 2.24) is 9.55 Å². The third kappa shape index (κ3) is 2.76. The highest BCUT2D eigenvalue weighted by molar-refractivity contribution is 14.1. The average molecular weight is 465 g/mol. The fourth-order valence-electron chi connectivity index (χ4n) is 2.56. The summed E-state index contributed by atoms with van der Waals surface area (Å²) in [5.74, 6) is 0.644. The predicted octanol–water partition coefficient (Wildman–Crippen LogP) is 5.37. The maximum atomic E-state index is 13.2. The van der Waals surface area contributed by atoms with Crippen LogP contribution >= 0.6 is 45.5 Å². The van der Waals surface area contributed by atoms with Crippen LogP contribution in [0.1, 0.15) is 0 Å². The van der Waals surface area contributed by atoms with Gasteiger partial charge in [-0.2, -0.15) is 0 Å². The van der Waals surface area contributed by atoms with Gasteiger partial charge in [0, 0.05) is 8.59 Å². The number of hydrogen-bond acceptors (Lipinski definition) is 3. The standard InChI is InChI=1S/C18H10ClIN2OS/c19-11-3-6-13(7-4-11)22-17(16-2-1-9-24-16)21-15-8-5-12(20)10-14(15)18(22)23/h1-10H. The van der Waals surface area contributed by atoms with Gasteiger partial charge < -0.3 is 0 Å². The van der Waals surface area contributed by atoms with Gasteiger partial charge in [-0.05, 0) is 76.5 Å². The molecule has 0 saturated carbocycles. The Morgan fingerprint density at radius 1 is 1.08 bits per heavy atom. The van der Waals surface area contributed by atoms with E-state index in [9.17, 15) is 4.79 Å². The minimum atomic E-state index is -0.0794. The summed E-state index contributed by atoms with van der Waals surface area (Å²) in [6, 6.07) is 16.9. The number of hydrogen-bond donors (Lipinski definition) is 0. The summed E-state index contributed by atoms with van der Waals surface area (Å²) in [5, 5.41) is 3.22. The molecule has 0 bridgehead atoms. The molecule has 118 valence electrons. The first kappa shape index (κ1) is 15.8. The first-order chi connectivity index (χ1) is 11.6. The third-order valence-corrected chi connectivity index (χ3v) is 5.45. The molecule has 2 aromatic carbocycles. The Balaban J connectivity index is 2.12. The highest BCUT2D eigenvalue weighted by Gasteiger charge is 2.15. The molecule has 4 rings (SSSR count). The zero-order chi connectivity index (χ0) is 16.7. The lowest BCUT2D eigenvalue weighted by molar-refractivity contribution is 0.980. The van der Waals surface area contributed by atoms with E-state index >= 15 is 0 Å². The van der Waals surface area contributed by atoms with Crippen molar-refractivity contribution in [3.8, 4) is 16.4 Å². The first-order valence-corrected chi connectivity index (χ1v) is 9.49. The van der Waals surface area contributed by atoms with Crippen LogP contribution in [0, 0.1) is 3.57 Å². The highest BCUT2D eigenvalue weighted by atomic mass is 127. The quantitative estimate of drug-likeness (QED) is 0.374. The summed E-state index contributed by atoms with van der Waals surface area (Å²) < 4.78 is 2.66. The number of aromatic nitrogens is 2. The molecule has 0 aliphatic heterocycles. The van der Waals surface area contributed by atoms with Gasteiger partial charge in [0.25, 0.3) is 5.56 Å². The zero-order valence-corrected chi connectivity index (χ0v) is 16.0. The van der Waals surface area contributed by atoms with Gasteiger partial charge in [-0.1, -0.05) is 17.7 Å². The van der Waals surface area contributed by atoms with Gasteiger partial charge in [0.2, 0.25) is 0 Å². The number of benzene rings is 2. The van der Waals surface area contributed by atoms with Gasteiger partial charge in [-0.3, -0.25) is 9.36 Å². The third-order valence-electron chi connectivity index (χ3n) is 3.66. The fraction of sp³-hybridized carbons (Fsp3) is 0. The molecule has 0 N–H and O–H groups in total. The zero-order valence-electron chi connectivity index (χ0n) is 12.2. The maximum absolute atomic E-state index is 13.2. The van der Waals surface area contributed by atoms with E-state index in [0.29, 0.717) is 21.7 Å². The summed E-state index contributed by atoms with van der Waals surface area (Å²) in [5.41, 5.74) is 1.37. The summed E-state index contributed by atoms with van der Waals surface area (Å²) in [6.07, 6.45) is 0. The SMILES string of the molecule is O=c1c2cc(I)ccc2nc(-c2cccs2)n1-c1ccc(Cl)cc1. The Kier molecular flexibility index (Phi) is 4.15. The van der Waals surface area contributed by atoms with E-state index in [1.165, 1.54) is 0 Å². The van der Waals surface area contributed by atoms with Gasteiger partial charge in [-0.15, -0.1) is 11.3 Å². The topological polar surface area (TPSA) is 34.9 Å². The Morgan fingerprint density at radius 2 is 1.88 bits per heavy atom. The van der Waals surface area contributed by atoms with Gasteiger partial charge in [0.05, 0.1) is 21.5 Å². The number of halogens is 2. The van der Waals surface area contributed by atoms with Crippen LogP contribution in [0.2, 0.25) is 5.02 Å². The van der Waals surface area contributed by atoms with Crippen molar-refractivity contribution in [3.05, 3.63) is 78.9 Å². The van der Waals surface area contributed by atoms with Crippen LogP contribution in [0.4, 0.5) is 0 Å². The van der Waals surface area contributed by atoms with E-state index in [4.69, 9.17) is 16.6 Å². The molecule has 0 amide bonds. The highest BCUT2D eigenvalue weighted by Crippen LogP contribution is 2.26. The molecule has 2 aromatic heterocycles. The largest absolute Gasteiger partial charge is 0.268 e. The van der Waals surface area contributed by atoms with Gasteiger partial charge in [-0.25, -0.2) is 4.98 Å². The molecule has 0 spiro atoms. The maximum Gasteiger partial charge on any atom is 0.266 e. The number of rotatable bonds is 2. The Bertz CT molecular complexity index is 1090. The van der Waals surface area contributed by atoms with Gasteiger partial charge in [0.1, 0.15) is 0 Å². The van der Waals surface area contributed by atoms with Crippen LogP contribution in [-0.4, -0.2) is 9.55 Å². The lowest BCUT2D eigenvalue weighted by Gasteiger charge is -2.13. The second-order valence-electron chi connectivity index (χ2n) is 5.19. The van der Waals surface area contributed by atoms with Crippen molar-refractivity contribution in [3.63, 3.8) is 0 Å². The minimum absolute atomic E-state index is 0.0794. The van der Waals surface area contributed by atoms with Crippen molar-refractivity contribution >= 4 is 56.4 Å². The normalized spacial score (nSPS) is 11.1. The van der Waals surface area contributed by atoms with E-state index in [2.05, 4.69) is 22.6 Å². The average Bonchev–Trinajstić information content (AvgIpc) is 3.11. The molecule has 3 nitrogen and oxygen atoms in total. The minimum Gasteiger partial charge on any atom is -0.268 e. The Morgan fingerprint density at radius 3 is 2.58 bits per heavy atom. The van der Waals surface area contributed by atoms with Crippen LogP contribution in [0.3, 0.4) is 0 Å². The van der Waals surface area contributed by atoms with Crippen LogP contribution < -0.4 is 5.56 Å². The molecular weight excluding hydrogens is 455 g/mol. The number of nitrogens with zero attached hydrogens (tertiary/aromatic N) is 2. The molecule has 0 aliphatic rings. The fourth-order valence-corrected chi connectivity index (χ4v) is 3.88. The van der Waals surface area contributed by atoms with Crippen molar-refractivity contribution in [2.45, 2.75) is 0 Å². The smallest absolute Gasteiger partial charge is 0.266 e. The van der Waals surface area contributed by atoms with Crippen LogP contribution in [0.5, 0.6) is 0 Å². The first-order valence-electron chi connectivity index (χ1n) is 7.15. The molecule has 6 heteroatoms. The van der Waals surface area contributed by atoms with Crippen LogP contribution in [0.15, 0.2) is 64.8 Å². The lowest BCUT2D eigenvalue weighted by atomic mass is 10.2. The van der Waals surface area contributed by atoms with Crippen LogP contribution in [0.25, 0.3) is 27.3 Å². The van der Waals surface area contributed by atoms with Gasteiger partial charge >= 0.3 is 0 Å². The van der Waals surface area contributed by atoms with Crippen molar-refractivity contribution in [1.29, 1.82) is 0 Å². The molecule has 0 aliphatic carbocycles. The van der Waals surface area contributed by atoms with E-state index in [1.807, 2.05) is 47.8 Å². The summed E-state index contributed by atoms with van der Waals surface area (Å²) in [6.45, 7) is 0. The van der Waals surface area contributed by atoms with Crippen molar-refractivity contribution < 1.29 is 0 Å². The second-order valence-corrected chi connectivity index (χ2v) is 7.82. The van der Waals surface area contributed by atoms with Crippen molar-refractivity contribution in [2.24, 2.45) is 0 Å². The lowest BCUT2D eigenvalue weighted by Crippen LogP contribution is -2.21. The van der Waals surface area contributed by atoms with Crippen molar-refractivity contribution in [2.75, 3.05) is 0 Å². The second kappa shape index (κ2) is 6.31. The van der Waals surface area contributed by atoms with E-state index in [-0.39, 0.29) is 5.56 Å². The molecule has 2 heterocycles. The van der Waals surface area contributed by atoms with E-state index in [0.717, 1.165) is 14.1 Å². The molecular formula is C18H10ClIN2OS. The number of thiophene rings is 1. The van der Waals surface area contributed by atoms with E-state index in [1.54, 1.807) is 28.0 Å². The van der Waals surface area contributed by atoms with Crippen LogP contribution in [-0.2, 0) is 0 Å². The molecule has 0 atom stereocenters. The van der Waals surface area contributed by atoms with Gasteiger partial charge in [0.15, 0.2) is 5.82 Å². The molecule has 0 radical (unpaired) electrons. The predicted molar refractivity (Wildman–Crippen MR) is 108 cm³/mol. The molecule has 0 fully saturated rings. The Hall–Kier alpha value is -1.70. The monoisotopic (exact) mass is 464 g/mol. The summed E-state index contributed by atoms with van der Waals surface area (Å²) in [4.78, 5) is 18.9. The van der Waals surface area contributed by atoms with E-state index < -0.39 is 0 Å². The molecule has 0 unspecified atom stereocenters. The Labute approximate surface area is 160 Å². The number of fused-ring (bicyclic) bond motifs is 1. The molecule has 24 heavy (non-hydrogen) atoms. The molecule has 4 aromatic rings. The summed E-state index contributed by atoms with van der Waals surface area (Å²) in [7, 11) is 0. The summed E-state index contributed by atoms with van der Waals surface area (Å²) >= 11 is 9.75. The molecule has 0 saturated heterocycles.